The summed E-state index contributed by atoms with van der Waals surface area (Å²) in [6, 6.07) is 0.0709. The summed E-state index contributed by atoms with van der Waals surface area (Å²) in [5.74, 6) is -2.77. The van der Waals surface area contributed by atoms with E-state index in [9.17, 15) is 14.7 Å². The van der Waals surface area contributed by atoms with E-state index in [-0.39, 0.29) is 11.9 Å². The molecule has 3 aliphatic rings. The third-order valence-corrected chi connectivity index (χ3v) is 5.07. The zero-order valence-corrected chi connectivity index (χ0v) is 13.2. The Morgan fingerprint density at radius 2 is 2.32 bits per heavy atom. The first-order valence-electron chi connectivity index (χ1n) is 7.87. The first-order chi connectivity index (χ1) is 10.4. The number of carbonyl (C=O) groups excluding carboxylic acids is 2. The monoisotopic (exact) mass is 304 g/mol. The highest BCUT2D eigenvalue weighted by molar-refractivity contribution is 5.90. The highest BCUT2D eigenvalue weighted by Crippen LogP contribution is 2.52. The Morgan fingerprint density at radius 1 is 1.59 bits per heavy atom. The third kappa shape index (κ3) is 2.19. The summed E-state index contributed by atoms with van der Waals surface area (Å²) in [6.45, 7) is 6.56. The van der Waals surface area contributed by atoms with E-state index in [1.54, 1.807) is 11.0 Å². The number of hydrogen-bond donors (Lipinski definition) is 0. The highest BCUT2D eigenvalue weighted by Gasteiger charge is 2.65. The van der Waals surface area contributed by atoms with Crippen LogP contribution in [0, 0.1) is 11.8 Å². The smallest absolute Gasteiger partial charge is 0.230 e. The molecule has 2 bridgehead atoms. The maximum absolute atomic E-state index is 12.7. The number of amides is 1. The van der Waals surface area contributed by atoms with E-state index in [1.807, 2.05) is 13.0 Å². The Balaban J connectivity index is 1.76. The number of aliphatic carboxylic acids is 1. The Morgan fingerprint density at radius 3 is 2.95 bits per heavy atom. The minimum atomic E-state index is -1.19. The first kappa shape index (κ1) is 15.3. The average molecular weight is 304 g/mol. The van der Waals surface area contributed by atoms with Crippen LogP contribution in [-0.2, 0) is 14.3 Å². The molecule has 0 radical (unpaired) electrons. The van der Waals surface area contributed by atoms with Crippen molar-refractivity contribution in [2.75, 3.05) is 6.54 Å². The maximum atomic E-state index is 12.7. The number of rotatable bonds is 5. The fraction of sp³-hybridized carbons (Fsp3) is 0.647. The highest BCUT2D eigenvalue weighted by atomic mass is 16.5. The lowest BCUT2D eigenvalue weighted by atomic mass is 9.77. The van der Waals surface area contributed by atoms with Crippen molar-refractivity contribution in [3.8, 4) is 0 Å². The van der Waals surface area contributed by atoms with E-state index in [0.717, 1.165) is 12.8 Å². The molecule has 3 aliphatic heterocycles. The number of ether oxygens (including phenoxy) is 1. The summed E-state index contributed by atoms with van der Waals surface area (Å²) in [6.07, 6.45) is 7.06. The Bertz CT molecular complexity index is 563. The molecule has 5 atom stereocenters. The second kappa shape index (κ2) is 5.23. The Labute approximate surface area is 130 Å². The lowest BCUT2D eigenvalue weighted by Gasteiger charge is -2.27. The minimum Gasteiger partial charge on any atom is -0.550 e. The van der Waals surface area contributed by atoms with Crippen LogP contribution in [-0.4, -0.2) is 41.1 Å². The number of allylic oxidation sites excluding steroid dienone is 2. The number of likely N-dealkylation sites (tertiary alicyclic amines) is 1. The van der Waals surface area contributed by atoms with Gasteiger partial charge in [0, 0.05) is 17.9 Å². The molecule has 3 heterocycles. The van der Waals surface area contributed by atoms with E-state index >= 15 is 0 Å². The van der Waals surface area contributed by atoms with E-state index < -0.39 is 29.5 Å². The van der Waals surface area contributed by atoms with Crippen LogP contribution in [0.5, 0.6) is 0 Å². The van der Waals surface area contributed by atoms with Crippen molar-refractivity contribution in [1.29, 1.82) is 0 Å². The van der Waals surface area contributed by atoms with Gasteiger partial charge >= 0.3 is 0 Å². The van der Waals surface area contributed by atoms with Crippen LogP contribution < -0.4 is 5.11 Å². The number of hydrogen-bond acceptors (Lipinski definition) is 4. The van der Waals surface area contributed by atoms with Crippen molar-refractivity contribution in [3.63, 3.8) is 0 Å². The molecular formula is C17H22NO4-. The van der Waals surface area contributed by atoms with Gasteiger partial charge in [-0.15, -0.1) is 0 Å². The fourth-order valence-corrected chi connectivity index (χ4v) is 3.94. The molecule has 3 rings (SSSR count). The molecule has 0 aromatic heterocycles. The largest absolute Gasteiger partial charge is 0.550 e. The summed E-state index contributed by atoms with van der Waals surface area (Å²) in [5, 5.41) is 11.4. The van der Waals surface area contributed by atoms with Gasteiger partial charge in [-0.25, -0.2) is 0 Å². The van der Waals surface area contributed by atoms with Crippen molar-refractivity contribution in [2.45, 2.75) is 51.4 Å². The molecule has 2 saturated heterocycles. The number of carboxylic acid groups (broad SMARTS) is 1. The number of carbonyl (C=O) groups is 2. The topological polar surface area (TPSA) is 69.7 Å². The first-order valence-corrected chi connectivity index (χ1v) is 7.87. The van der Waals surface area contributed by atoms with Crippen LogP contribution in [0.25, 0.3) is 0 Å². The zero-order chi connectivity index (χ0) is 16.1. The van der Waals surface area contributed by atoms with Crippen LogP contribution in [0.1, 0.15) is 33.6 Å². The van der Waals surface area contributed by atoms with Crippen LogP contribution in [0.4, 0.5) is 0 Å². The van der Waals surface area contributed by atoms with Crippen molar-refractivity contribution < 1.29 is 19.4 Å². The van der Waals surface area contributed by atoms with Crippen molar-refractivity contribution >= 4 is 11.9 Å². The number of fused-ring (bicyclic) bond motifs is 1. The fourth-order valence-electron chi connectivity index (χ4n) is 3.94. The van der Waals surface area contributed by atoms with Crippen molar-refractivity contribution in [2.24, 2.45) is 11.8 Å². The molecule has 22 heavy (non-hydrogen) atoms. The molecule has 0 saturated carbocycles. The minimum absolute atomic E-state index is 0.0709. The van der Waals surface area contributed by atoms with E-state index in [4.69, 9.17) is 4.74 Å². The van der Waals surface area contributed by atoms with E-state index in [2.05, 4.69) is 19.9 Å². The van der Waals surface area contributed by atoms with Crippen LogP contribution in [0.15, 0.2) is 23.8 Å². The molecule has 0 aromatic rings. The number of carboxylic acids is 1. The molecule has 120 valence electrons. The summed E-state index contributed by atoms with van der Waals surface area (Å²) < 4.78 is 5.84. The lowest BCUT2D eigenvalue weighted by molar-refractivity contribution is -0.313. The Hall–Kier alpha value is -1.62. The molecular weight excluding hydrogens is 282 g/mol. The molecule has 0 unspecified atom stereocenters. The van der Waals surface area contributed by atoms with Gasteiger partial charge in [0.1, 0.15) is 5.60 Å². The third-order valence-electron chi connectivity index (χ3n) is 5.07. The molecule has 0 aliphatic carbocycles. The van der Waals surface area contributed by atoms with E-state index in [0.29, 0.717) is 6.54 Å². The van der Waals surface area contributed by atoms with Gasteiger partial charge in [-0.2, -0.15) is 0 Å². The second-order valence-electron chi connectivity index (χ2n) is 6.89. The van der Waals surface area contributed by atoms with Crippen molar-refractivity contribution in [1.82, 2.24) is 4.90 Å². The van der Waals surface area contributed by atoms with Gasteiger partial charge in [0.2, 0.25) is 5.91 Å². The lowest BCUT2D eigenvalue weighted by Crippen LogP contribution is -2.45. The molecule has 5 heteroatoms. The van der Waals surface area contributed by atoms with Crippen LogP contribution in [0.3, 0.4) is 0 Å². The van der Waals surface area contributed by atoms with Crippen LogP contribution in [0.2, 0.25) is 0 Å². The van der Waals surface area contributed by atoms with Crippen LogP contribution >= 0.6 is 0 Å². The maximum Gasteiger partial charge on any atom is 0.230 e. The predicted octanol–water partition coefficient (Wildman–Crippen LogP) is 0.653. The van der Waals surface area contributed by atoms with Gasteiger partial charge in [-0.1, -0.05) is 23.8 Å². The predicted molar refractivity (Wildman–Crippen MR) is 78.6 cm³/mol. The molecule has 5 nitrogen and oxygen atoms in total. The molecule has 0 aromatic carbocycles. The van der Waals surface area contributed by atoms with Gasteiger partial charge in [0.05, 0.1) is 18.6 Å². The second-order valence-corrected chi connectivity index (χ2v) is 6.89. The van der Waals surface area contributed by atoms with Gasteiger partial charge in [-0.3, -0.25) is 4.79 Å². The van der Waals surface area contributed by atoms with Crippen molar-refractivity contribution in [3.05, 3.63) is 23.8 Å². The summed E-state index contributed by atoms with van der Waals surface area (Å²) in [5.41, 5.74) is 0.509. The normalized spacial score (nSPS) is 36.6. The van der Waals surface area contributed by atoms with Gasteiger partial charge in [0.25, 0.3) is 0 Å². The standard InChI is InChI=1S/C17H23NO4/c1-10(2)5-4-6-11(3)18-9-17-8-7-12(22-17)13(16(20)21)14(17)15(18)19/h5,7-8,11-14H,4,6,9H2,1-3H3,(H,20,21)/p-1/t11-,12+,13-,14-,17+/m1/s1. The quantitative estimate of drug-likeness (QED) is 0.699. The van der Waals surface area contributed by atoms with Gasteiger partial charge in [0.15, 0.2) is 0 Å². The van der Waals surface area contributed by atoms with E-state index in [1.165, 1.54) is 5.57 Å². The zero-order valence-electron chi connectivity index (χ0n) is 13.2. The average Bonchev–Trinajstić information content (AvgIpc) is 3.06. The molecule has 1 spiro atoms. The molecule has 0 N–H and O–H groups in total. The Kier molecular flexibility index (Phi) is 3.63. The summed E-state index contributed by atoms with van der Waals surface area (Å²) >= 11 is 0. The van der Waals surface area contributed by atoms with Gasteiger partial charge < -0.3 is 19.5 Å². The number of nitrogens with zero attached hydrogens (tertiary/aromatic N) is 1. The molecule has 2 fully saturated rings. The summed E-state index contributed by atoms with van der Waals surface area (Å²) in [4.78, 5) is 25.9. The molecule has 1 amide bonds. The SMILES string of the molecule is CC(C)=CCC[C@@H](C)N1C[C@]23C=C[C@H](O2)[C@@H](C(=O)[O-])[C@@H]3C1=O. The van der Waals surface area contributed by atoms with Gasteiger partial charge in [-0.05, 0) is 33.6 Å². The summed E-state index contributed by atoms with van der Waals surface area (Å²) in [7, 11) is 0.